The van der Waals surface area contributed by atoms with Gasteiger partial charge >= 0.3 is 0 Å². The van der Waals surface area contributed by atoms with Gasteiger partial charge in [-0.15, -0.1) is 0 Å². The van der Waals surface area contributed by atoms with E-state index >= 15 is 0 Å². The Kier molecular flexibility index (Phi) is 5.07. The average Bonchev–Trinajstić information content (AvgIpc) is 2.70. The van der Waals surface area contributed by atoms with Crippen molar-refractivity contribution in [2.75, 3.05) is 13.1 Å². The molecule has 2 nitrogen and oxygen atoms in total. The van der Waals surface area contributed by atoms with E-state index in [4.69, 9.17) is 4.98 Å². The predicted octanol–water partition coefficient (Wildman–Crippen LogP) is 5.27. The SMILES string of the molecule is Fc1ccc(C2CCN(Cc3cccc(-c4ccccc4)n3)CC2)cc1. The summed E-state index contributed by atoms with van der Waals surface area (Å²) in [5.41, 5.74) is 4.57. The molecule has 3 heteroatoms. The van der Waals surface area contributed by atoms with Crippen molar-refractivity contribution in [3.63, 3.8) is 0 Å². The molecular weight excluding hydrogens is 323 g/mol. The van der Waals surface area contributed by atoms with Crippen LogP contribution in [0, 0.1) is 5.82 Å². The third-order valence-corrected chi connectivity index (χ3v) is 5.19. The zero-order chi connectivity index (χ0) is 17.8. The molecule has 1 saturated heterocycles. The van der Waals surface area contributed by atoms with Gasteiger partial charge in [-0.3, -0.25) is 9.88 Å². The standard InChI is InChI=1S/C23H23FN2/c24-21-11-9-18(10-12-21)19-13-15-26(16-14-19)17-22-7-4-8-23(25-22)20-5-2-1-3-6-20/h1-12,19H,13-17H2. The molecule has 3 aromatic rings. The van der Waals surface area contributed by atoms with Crippen LogP contribution in [0.15, 0.2) is 72.8 Å². The van der Waals surface area contributed by atoms with Crippen molar-refractivity contribution < 1.29 is 4.39 Å². The lowest BCUT2D eigenvalue weighted by Gasteiger charge is -2.32. The molecule has 1 fully saturated rings. The summed E-state index contributed by atoms with van der Waals surface area (Å²) in [5, 5.41) is 0. The van der Waals surface area contributed by atoms with E-state index in [1.54, 1.807) is 12.1 Å². The van der Waals surface area contributed by atoms with Gasteiger partial charge in [0, 0.05) is 12.1 Å². The number of pyridine rings is 1. The lowest BCUT2D eigenvalue weighted by atomic mass is 9.89. The first-order chi connectivity index (χ1) is 12.8. The fraction of sp³-hybridized carbons (Fsp3) is 0.261. The molecule has 1 aromatic heterocycles. The van der Waals surface area contributed by atoms with Gasteiger partial charge in [0.05, 0.1) is 11.4 Å². The van der Waals surface area contributed by atoms with Crippen molar-refractivity contribution in [3.05, 3.63) is 89.9 Å². The Balaban J connectivity index is 1.38. The molecule has 0 atom stereocenters. The van der Waals surface area contributed by atoms with E-state index in [1.165, 1.54) is 5.56 Å². The molecule has 26 heavy (non-hydrogen) atoms. The largest absolute Gasteiger partial charge is 0.297 e. The van der Waals surface area contributed by atoms with Crippen LogP contribution in [0.5, 0.6) is 0 Å². The van der Waals surface area contributed by atoms with Crippen LogP contribution >= 0.6 is 0 Å². The van der Waals surface area contributed by atoms with Gasteiger partial charge in [-0.05, 0) is 61.7 Å². The van der Waals surface area contributed by atoms with Crippen LogP contribution < -0.4 is 0 Å². The molecule has 0 radical (unpaired) electrons. The number of piperidine rings is 1. The average molecular weight is 346 g/mol. The normalized spacial score (nSPS) is 15.9. The molecule has 4 rings (SSSR count). The van der Waals surface area contributed by atoms with E-state index < -0.39 is 0 Å². The van der Waals surface area contributed by atoms with Gasteiger partial charge in [-0.25, -0.2) is 4.39 Å². The molecule has 0 aliphatic carbocycles. The quantitative estimate of drug-likeness (QED) is 0.640. The van der Waals surface area contributed by atoms with Gasteiger partial charge in [-0.2, -0.15) is 0 Å². The van der Waals surface area contributed by atoms with E-state index in [0.29, 0.717) is 5.92 Å². The number of hydrogen-bond acceptors (Lipinski definition) is 2. The van der Waals surface area contributed by atoms with E-state index in [9.17, 15) is 4.39 Å². The second kappa shape index (κ2) is 7.79. The van der Waals surface area contributed by atoms with Crippen molar-refractivity contribution in [3.8, 4) is 11.3 Å². The van der Waals surface area contributed by atoms with Gasteiger partial charge in [0.2, 0.25) is 0 Å². The highest BCUT2D eigenvalue weighted by molar-refractivity contribution is 5.58. The predicted molar refractivity (Wildman–Crippen MR) is 103 cm³/mol. The van der Waals surface area contributed by atoms with Gasteiger partial charge in [-0.1, -0.05) is 48.5 Å². The Morgan fingerprint density at radius 2 is 1.58 bits per heavy atom. The lowest BCUT2D eigenvalue weighted by molar-refractivity contribution is 0.202. The molecule has 0 bridgehead atoms. The van der Waals surface area contributed by atoms with Crippen molar-refractivity contribution in [2.45, 2.75) is 25.3 Å². The smallest absolute Gasteiger partial charge is 0.123 e. The molecule has 2 heterocycles. The minimum absolute atomic E-state index is 0.157. The van der Waals surface area contributed by atoms with Crippen LogP contribution in [0.2, 0.25) is 0 Å². The first-order valence-electron chi connectivity index (χ1n) is 9.27. The summed E-state index contributed by atoms with van der Waals surface area (Å²) in [6.45, 7) is 3.00. The van der Waals surface area contributed by atoms with E-state index in [0.717, 1.165) is 49.4 Å². The number of likely N-dealkylation sites (tertiary alicyclic amines) is 1. The monoisotopic (exact) mass is 346 g/mol. The lowest BCUT2D eigenvalue weighted by Crippen LogP contribution is -2.32. The Bertz CT molecular complexity index is 838. The Morgan fingerprint density at radius 3 is 2.31 bits per heavy atom. The Morgan fingerprint density at radius 1 is 0.846 bits per heavy atom. The highest BCUT2D eigenvalue weighted by atomic mass is 19.1. The summed E-state index contributed by atoms with van der Waals surface area (Å²) in [7, 11) is 0. The molecule has 0 saturated carbocycles. The summed E-state index contributed by atoms with van der Waals surface area (Å²) in [5.74, 6) is 0.381. The zero-order valence-corrected chi connectivity index (χ0v) is 14.8. The maximum atomic E-state index is 13.1. The number of hydrogen-bond donors (Lipinski definition) is 0. The number of benzene rings is 2. The molecule has 0 unspecified atom stereocenters. The van der Waals surface area contributed by atoms with Crippen molar-refractivity contribution >= 4 is 0 Å². The molecule has 1 aliphatic rings. The van der Waals surface area contributed by atoms with Crippen molar-refractivity contribution in [1.82, 2.24) is 9.88 Å². The molecule has 2 aromatic carbocycles. The van der Waals surface area contributed by atoms with Crippen molar-refractivity contribution in [1.29, 1.82) is 0 Å². The summed E-state index contributed by atoms with van der Waals surface area (Å²) in [6.07, 6.45) is 2.23. The maximum Gasteiger partial charge on any atom is 0.123 e. The van der Waals surface area contributed by atoms with Crippen molar-refractivity contribution in [2.24, 2.45) is 0 Å². The van der Waals surface area contributed by atoms with Crippen LogP contribution in [-0.2, 0) is 6.54 Å². The van der Waals surface area contributed by atoms with E-state index in [-0.39, 0.29) is 5.82 Å². The summed E-state index contributed by atoms with van der Waals surface area (Å²) in [6, 6.07) is 23.6. The molecule has 0 spiro atoms. The molecule has 0 N–H and O–H groups in total. The third-order valence-electron chi connectivity index (χ3n) is 5.19. The number of rotatable bonds is 4. The highest BCUT2D eigenvalue weighted by Gasteiger charge is 2.21. The summed E-state index contributed by atoms with van der Waals surface area (Å²) >= 11 is 0. The summed E-state index contributed by atoms with van der Waals surface area (Å²) in [4.78, 5) is 7.31. The Hall–Kier alpha value is -2.52. The first-order valence-corrected chi connectivity index (χ1v) is 9.27. The first kappa shape index (κ1) is 16.9. The van der Waals surface area contributed by atoms with Gasteiger partial charge in [0.15, 0.2) is 0 Å². The fourth-order valence-corrected chi connectivity index (χ4v) is 3.73. The van der Waals surface area contributed by atoms with Gasteiger partial charge < -0.3 is 0 Å². The van der Waals surface area contributed by atoms with E-state index in [2.05, 4.69) is 35.2 Å². The summed E-state index contributed by atoms with van der Waals surface area (Å²) < 4.78 is 13.1. The van der Waals surface area contributed by atoms with Gasteiger partial charge in [0.25, 0.3) is 0 Å². The molecule has 1 aliphatic heterocycles. The maximum absolute atomic E-state index is 13.1. The zero-order valence-electron chi connectivity index (χ0n) is 14.8. The Labute approximate surface area is 154 Å². The number of halogens is 1. The number of nitrogens with zero attached hydrogens (tertiary/aromatic N) is 2. The second-order valence-corrected chi connectivity index (χ2v) is 6.98. The van der Waals surface area contributed by atoms with E-state index in [1.807, 2.05) is 30.3 Å². The van der Waals surface area contributed by atoms with Crippen LogP contribution in [0.3, 0.4) is 0 Å². The molecule has 0 amide bonds. The fourth-order valence-electron chi connectivity index (χ4n) is 3.73. The molecule has 132 valence electrons. The second-order valence-electron chi connectivity index (χ2n) is 6.98. The van der Waals surface area contributed by atoms with Crippen LogP contribution in [0.1, 0.15) is 30.0 Å². The topological polar surface area (TPSA) is 16.1 Å². The highest BCUT2D eigenvalue weighted by Crippen LogP contribution is 2.28. The minimum Gasteiger partial charge on any atom is -0.297 e. The van der Waals surface area contributed by atoms with Crippen LogP contribution in [0.4, 0.5) is 4.39 Å². The molecular formula is C23H23FN2. The van der Waals surface area contributed by atoms with Crippen LogP contribution in [-0.4, -0.2) is 23.0 Å². The van der Waals surface area contributed by atoms with Gasteiger partial charge in [0.1, 0.15) is 5.82 Å². The minimum atomic E-state index is -0.157. The third kappa shape index (κ3) is 4.00. The number of aromatic nitrogens is 1. The van der Waals surface area contributed by atoms with Crippen LogP contribution in [0.25, 0.3) is 11.3 Å².